The van der Waals surface area contributed by atoms with Gasteiger partial charge in [-0.1, -0.05) is 0 Å². The molecule has 2 N–H and O–H groups in total. The molecule has 0 spiro atoms. The lowest BCUT2D eigenvalue weighted by atomic mass is 9.98. The van der Waals surface area contributed by atoms with Gasteiger partial charge in [-0.05, 0) is 59.9 Å². The van der Waals surface area contributed by atoms with E-state index in [0.717, 1.165) is 24.9 Å². The van der Waals surface area contributed by atoms with Crippen LogP contribution in [0.4, 0.5) is 10.1 Å². The van der Waals surface area contributed by atoms with Gasteiger partial charge in [-0.15, -0.1) is 0 Å². The summed E-state index contributed by atoms with van der Waals surface area (Å²) in [6.45, 7) is 3.47. The number of nitrogens with one attached hydrogen (secondary N) is 2. The van der Waals surface area contributed by atoms with E-state index in [1.54, 1.807) is 13.0 Å². The molecule has 1 fully saturated rings. The third-order valence-electron chi connectivity index (χ3n) is 3.19. The monoisotopic (exact) mass is 314 g/mol. The molecule has 18 heavy (non-hydrogen) atoms. The highest BCUT2D eigenvalue weighted by atomic mass is 79.9. The third kappa shape index (κ3) is 3.09. The zero-order chi connectivity index (χ0) is 13.1. The summed E-state index contributed by atoms with van der Waals surface area (Å²) in [6.07, 6.45) is 1.92. The number of carbonyl (C=O) groups excluding carboxylic acids is 1. The van der Waals surface area contributed by atoms with E-state index in [4.69, 9.17) is 0 Å². The largest absolute Gasteiger partial charge is 0.326 e. The minimum absolute atomic E-state index is 0.00183. The van der Waals surface area contributed by atoms with Gasteiger partial charge in [-0.25, -0.2) is 4.39 Å². The fourth-order valence-corrected chi connectivity index (χ4v) is 2.43. The Morgan fingerprint density at radius 2 is 2.33 bits per heavy atom. The van der Waals surface area contributed by atoms with Crippen LogP contribution in [0.15, 0.2) is 16.6 Å². The smallest absolute Gasteiger partial charge is 0.228 e. The first kappa shape index (κ1) is 13.5. The van der Waals surface area contributed by atoms with Crippen molar-refractivity contribution in [3.05, 3.63) is 28.0 Å². The van der Waals surface area contributed by atoms with Gasteiger partial charge in [0.15, 0.2) is 0 Å². The van der Waals surface area contributed by atoms with Crippen LogP contribution in [0.3, 0.4) is 0 Å². The van der Waals surface area contributed by atoms with Crippen molar-refractivity contribution in [1.29, 1.82) is 0 Å². The molecule has 0 aliphatic carbocycles. The zero-order valence-corrected chi connectivity index (χ0v) is 11.8. The summed E-state index contributed by atoms with van der Waals surface area (Å²) in [4.78, 5) is 12.1. The minimum atomic E-state index is -0.315. The van der Waals surface area contributed by atoms with Crippen molar-refractivity contribution in [3.63, 3.8) is 0 Å². The second-order valence-corrected chi connectivity index (χ2v) is 5.47. The van der Waals surface area contributed by atoms with Crippen molar-refractivity contribution in [1.82, 2.24) is 5.32 Å². The number of benzene rings is 1. The number of halogens is 2. The van der Waals surface area contributed by atoms with E-state index < -0.39 is 0 Å². The third-order valence-corrected chi connectivity index (χ3v) is 3.80. The molecule has 1 heterocycles. The van der Waals surface area contributed by atoms with Gasteiger partial charge in [0, 0.05) is 12.2 Å². The molecule has 0 saturated carbocycles. The molecule has 3 nitrogen and oxygen atoms in total. The van der Waals surface area contributed by atoms with Crippen molar-refractivity contribution >= 4 is 27.5 Å². The molecule has 1 saturated heterocycles. The average molecular weight is 315 g/mol. The maximum Gasteiger partial charge on any atom is 0.228 e. The van der Waals surface area contributed by atoms with Crippen molar-refractivity contribution in [2.75, 3.05) is 18.4 Å². The first-order valence-electron chi connectivity index (χ1n) is 6.05. The quantitative estimate of drug-likeness (QED) is 0.881. The van der Waals surface area contributed by atoms with Crippen molar-refractivity contribution < 1.29 is 9.18 Å². The Hall–Kier alpha value is -0.940. The molecule has 1 unspecified atom stereocenters. The summed E-state index contributed by atoms with van der Waals surface area (Å²) < 4.78 is 13.6. The lowest BCUT2D eigenvalue weighted by Gasteiger charge is -2.22. The molecule has 0 aromatic heterocycles. The van der Waals surface area contributed by atoms with Crippen LogP contribution in [0.25, 0.3) is 0 Å². The summed E-state index contributed by atoms with van der Waals surface area (Å²) in [5.74, 6) is -0.310. The molecular formula is C13H16BrFN2O. The molecule has 1 atom stereocenters. The van der Waals surface area contributed by atoms with Crippen LogP contribution in [0.1, 0.15) is 18.4 Å². The molecule has 5 heteroatoms. The van der Waals surface area contributed by atoms with Gasteiger partial charge in [-0.2, -0.15) is 0 Å². The summed E-state index contributed by atoms with van der Waals surface area (Å²) in [5.41, 5.74) is 1.40. The van der Waals surface area contributed by atoms with E-state index in [1.807, 2.05) is 0 Å². The lowest BCUT2D eigenvalue weighted by Crippen LogP contribution is -2.37. The van der Waals surface area contributed by atoms with E-state index in [9.17, 15) is 9.18 Å². The van der Waals surface area contributed by atoms with Gasteiger partial charge >= 0.3 is 0 Å². The molecule has 0 bridgehead atoms. The first-order valence-corrected chi connectivity index (χ1v) is 6.84. The molecule has 2 rings (SSSR count). The van der Waals surface area contributed by atoms with Crippen LogP contribution >= 0.6 is 15.9 Å². The maximum absolute atomic E-state index is 13.3. The summed E-state index contributed by atoms with van der Waals surface area (Å²) in [7, 11) is 0. The highest BCUT2D eigenvalue weighted by Crippen LogP contribution is 2.25. The molecule has 1 amide bonds. The summed E-state index contributed by atoms with van der Waals surface area (Å²) >= 11 is 3.13. The van der Waals surface area contributed by atoms with Crippen molar-refractivity contribution in [2.24, 2.45) is 5.92 Å². The van der Waals surface area contributed by atoms with Crippen LogP contribution in [-0.4, -0.2) is 19.0 Å². The number of hydrogen-bond acceptors (Lipinski definition) is 2. The van der Waals surface area contributed by atoms with Crippen LogP contribution in [0.2, 0.25) is 0 Å². The molecular weight excluding hydrogens is 299 g/mol. The Morgan fingerprint density at radius 3 is 3.00 bits per heavy atom. The minimum Gasteiger partial charge on any atom is -0.326 e. The Kier molecular flexibility index (Phi) is 4.35. The number of hydrogen-bond donors (Lipinski definition) is 2. The highest BCUT2D eigenvalue weighted by Gasteiger charge is 2.21. The lowest BCUT2D eigenvalue weighted by molar-refractivity contribution is -0.120. The van der Waals surface area contributed by atoms with Gasteiger partial charge in [0.05, 0.1) is 10.4 Å². The van der Waals surface area contributed by atoms with E-state index in [1.165, 1.54) is 6.07 Å². The number of anilines is 1. The second kappa shape index (κ2) is 5.80. The molecule has 1 aliphatic heterocycles. The number of rotatable bonds is 2. The Bertz CT molecular complexity index is 459. The number of amides is 1. The fourth-order valence-electron chi connectivity index (χ4n) is 2.09. The topological polar surface area (TPSA) is 41.1 Å². The van der Waals surface area contributed by atoms with E-state index in [-0.39, 0.29) is 17.6 Å². The summed E-state index contributed by atoms with van der Waals surface area (Å²) in [6, 6.07) is 3.03. The van der Waals surface area contributed by atoms with Gasteiger partial charge < -0.3 is 10.6 Å². The fraction of sp³-hybridized carbons (Fsp3) is 0.462. The van der Waals surface area contributed by atoms with E-state index in [2.05, 4.69) is 26.6 Å². The van der Waals surface area contributed by atoms with Crippen LogP contribution < -0.4 is 10.6 Å². The first-order chi connectivity index (χ1) is 8.58. The normalized spacial score (nSPS) is 19.6. The molecule has 1 aliphatic rings. The Morgan fingerprint density at radius 1 is 1.56 bits per heavy atom. The van der Waals surface area contributed by atoms with Gasteiger partial charge in [0.25, 0.3) is 0 Å². The molecule has 98 valence electrons. The van der Waals surface area contributed by atoms with Crippen molar-refractivity contribution in [2.45, 2.75) is 19.8 Å². The van der Waals surface area contributed by atoms with Gasteiger partial charge in [-0.3, -0.25) is 4.79 Å². The molecule has 1 aromatic carbocycles. The number of piperidine rings is 1. The van der Waals surface area contributed by atoms with Gasteiger partial charge in [0.2, 0.25) is 5.91 Å². The highest BCUT2D eigenvalue weighted by molar-refractivity contribution is 9.10. The Labute approximate surface area is 114 Å². The second-order valence-electron chi connectivity index (χ2n) is 4.61. The predicted octanol–water partition coefficient (Wildman–Crippen LogP) is 2.83. The number of aryl methyl sites for hydroxylation is 1. The molecule has 1 aromatic rings. The van der Waals surface area contributed by atoms with E-state index in [0.29, 0.717) is 16.7 Å². The van der Waals surface area contributed by atoms with Gasteiger partial charge in [0.1, 0.15) is 5.82 Å². The van der Waals surface area contributed by atoms with Crippen molar-refractivity contribution in [3.8, 4) is 0 Å². The number of carbonyl (C=O) groups is 1. The summed E-state index contributed by atoms with van der Waals surface area (Å²) in [5, 5.41) is 6.08. The SMILES string of the molecule is Cc1cc(F)c(Br)cc1NC(=O)C1CCCNC1. The standard InChI is InChI=1S/C13H16BrFN2O/c1-8-5-11(15)10(14)6-12(8)17-13(18)9-3-2-4-16-7-9/h5-6,9,16H,2-4,7H2,1H3,(H,17,18). The van der Waals surface area contributed by atoms with Crippen LogP contribution in [0.5, 0.6) is 0 Å². The predicted molar refractivity (Wildman–Crippen MR) is 73.1 cm³/mol. The van der Waals surface area contributed by atoms with E-state index >= 15 is 0 Å². The average Bonchev–Trinajstić information content (AvgIpc) is 2.37. The van der Waals surface area contributed by atoms with Crippen LogP contribution in [-0.2, 0) is 4.79 Å². The van der Waals surface area contributed by atoms with Crippen LogP contribution in [0, 0.1) is 18.7 Å². The Balaban J connectivity index is 2.08. The zero-order valence-electron chi connectivity index (χ0n) is 10.2. The molecule has 0 radical (unpaired) electrons. The maximum atomic E-state index is 13.3.